The number of halogens is 1. The first-order chi connectivity index (χ1) is 14.4. The van der Waals surface area contributed by atoms with Gasteiger partial charge in [0, 0.05) is 43.5 Å². The number of carbonyl (C=O) groups excluding carboxylic acids is 1. The Hall–Kier alpha value is -2.69. The molecule has 0 heterocycles. The summed E-state index contributed by atoms with van der Waals surface area (Å²) in [6.07, 6.45) is 0. The number of rotatable bonds is 8. The zero-order valence-electron chi connectivity index (χ0n) is 18.6. The molecule has 0 fully saturated rings. The highest BCUT2D eigenvalue weighted by atomic mass is 127. The van der Waals surface area contributed by atoms with E-state index >= 15 is 0 Å². The normalized spacial score (nSPS) is 10.7. The molecule has 0 radical (unpaired) electrons. The van der Waals surface area contributed by atoms with Crippen molar-refractivity contribution in [3.8, 4) is 11.5 Å². The Balaban J connectivity index is 0.00000480. The summed E-state index contributed by atoms with van der Waals surface area (Å²) in [7, 11) is 4.98. The molecule has 0 aliphatic carbocycles. The molecule has 0 aliphatic rings. The Labute approximate surface area is 201 Å². The summed E-state index contributed by atoms with van der Waals surface area (Å²) in [5.41, 5.74) is 2.80. The zero-order valence-corrected chi connectivity index (χ0v) is 20.9. The van der Waals surface area contributed by atoms with Crippen LogP contribution in [-0.2, 0) is 13.1 Å². The number of ether oxygens (including phenoxy) is 2. The van der Waals surface area contributed by atoms with E-state index in [1.165, 1.54) is 0 Å². The van der Waals surface area contributed by atoms with Crippen molar-refractivity contribution >= 4 is 41.7 Å². The van der Waals surface area contributed by atoms with E-state index in [4.69, 9.17) is 9.47 Å². The molecule has 9 heteroatoms. The third kappa shape index (κ3) is 8.91. The third-order valence-corrected chi connectivity index (χ3v) is 4.26. The van der Waals surface area contributed by atoms with Crippen molar-refractivity contribution < 1.29 is 14.3 Å². The SMILES string of the molecule is CN=C(NCc1ccc(NC(=O)NC(C)C)cc1)NCc1ccc(OC)cc1OC.I. The number of carbonyl (C=O) groups is 1. The summed E-state index contributed by atoms with van der Waals surface area (Å²) >= 11 is 0. The maximum Gasteiger partial charge on any atom is 0.319 e. The molecule has 170 valence electrons. The van der Waals surface area contributed by atoms with E-state index in [1.54, 1.807) is 21.3 Å². The standard InChI is InChI=1S/C22H31N5O3.HI/c1-15(2)26-22(28)27-18-9-6-16(7-10-18)13-24-21(23-3)25-14-17-8-11-19(29-4)12-20(17)30-5;/h6-12,15H,13-14H2,1-5H3,(H2,23,24,25)(H2,26,27,28);1H. The number of anilines is 1. The van der Waals surface area contributed by atoms with Gasteiger partial charge in [0.25, 0.3) is 0 Å². The second-order valence-corrected chi connectivity index (χ2v) is 6.91. The van der Waals surface area contributed by atoms with Crippen molar-refractivity contribution in [2.75, 3.05) is 26.6 Å². The van der Waals surface area contributed by atoms with Crippen LogP contribution in [0.3, 0.4) is 0 Å². The van der Waals surface area contributed by atoms with Crippen LogP contribution in [0.1, 0.15) is 25.0 Å². The van der Waals surface area contributed by atoms with Gasteiger partial charge < -0.3 is 30.7 Å². The summed E-state index contributed by atoms with van der Waals surface area (Å²) in [5.74, 6) is 2.17. The van der Waals surface area contributed by atoms with Crippen LogP contribution in [0.2, 0.25) is 0 Å². The van der Waals surface area contributed by atoms with E-state index in [-0.39, 0.29) is 36.0 Å². The average molecular weight is 541 g/mol. The molecule has 0 spiro atoms. The minimum absolute atomic E-state index is 0. The van der Waals surface area contributed by atoms with Gasteiger partial charge in [0.2, 0.25) is 0 Å². The van der Waals surface area contributed by atoms with Crippen LogP contribution in [0.5, 0.6) is 11.5 Å². The minimum Gasteiger partial charge on any atom is -0.497 e. The molecule has 0 bridgehead atoms. The minimum atomic E-state index is -0.213. The number of guanidine groups is 1. The number of urea groups is 1. The largest absolute Gasteiger partial charge is 0.497 e. The van der Waals surface area contributed by atoms with Crippen molar-refractivity contribution in [3.05, 3.63) is 53.6 Å². The van der Waals surface area contributed by atoms with Crippen LogP contribution in [0.4, 0.5) is 10.5 Å². The first kappa shape index (κ1) is 26.3. The summed E-state index contributed by atoms with van der Waals surface area (Å²) in [6.45, 7) is 4.98. The summed E-state index contributed by atoms with van der Waals surface area (Å²) in [5, 5.41) is 12.2. The van der Waals surface area contributed by atoms with Crippen LogP contribution >= 0.6 is 24.0 Å². The second kappa shape index (κ2) is 13.6. The van der Waals surface area contributed by atoms with Gasteiger partial charge in [0.1, 0.15) is 11.5 Å². The Kier molecular flexibility index (Phi) is 11.5. The number of benzene rings is 2. The molecule has 4 N–H and O–H groups in total. The van der Waals surface area contributed by atoms with E-state index in [2.05, 4.69) is 26.3 Å². The molecule has 2 amide bonds. The molecule has 8 nitrogen and oxygen atoms in total. The maximum absolute atomic E-state index is 11.8. The smallest absolute Gasteiger partial charge is 0.319 e. The fourth-order valence-electron chi connectivity index (χ4n) is 2.72. The van der Waals surface area contributed by atoms with E-state index in [1.807, 2.05) is 56.3 Å². The lowest BCUT2D eigenvalue weighted by Crippen LogP contribution is -2.36. The lowest BCUT2D eigenvalue weighted by atomic mass is 10.2. The molecule has 0 saturated carbocycles. The van der Waals surface area contributed by atoms with Gasteiger partial charge in [0.05, 0.1) is 14.2 Å². The highest BCUT2D eigenvalue weighted by Crippen LogP contribution is 2.24. The third-order valence-electron chi connectivity index (χ3n) is 4.26. The Bertz CT molecular complexity index is 857. The van der Waals surface area contributed by atoms with Crippen molar-refractivity contribution in [2.45, 2.75) is 33.0 Å². The first-order valence-electron chi connectivity index (χ1n) is 9.77. The van der Waals surface area contributed by atoms with Gasteiger partial charge in [-0.2, -0.15) is 0 Å². The molecule has 0 aliphatic heterocycles. The van der Waals surface area contributed by atoms with E-state index in [0.717, 1.165) is 28.3 Å². The molecule has 2 aromatic rings. The van der Waals surface area contributed by atoms with Gasteiger partial charge in [-0.15, -0.1) is 24.0 Å². The highest BCUT2D eigenvalue weighted by Gasteiger charge is 2.07. The fraction of sp³-hybridized carbons (Fsp3) is 0.364. The molecular weight excluding hydrogens is 509 g/mol. The number of aliphatic imine (C=N–C) groups is 1. The lowest BCUT2D eigenvalue weighted by molar-refractivity contribution is 0.250. The van der Waals surface area contributed by atoms with Gasteiger partial charge in [-0.1, -0.05) is 12.1 Å². The van der Waals surface area contributed by atoms with Gasteiger partial charge in [-0.3, -0.25) is 4.99 Å². The van der Waals surface area contributed by atoms with Crippen molar-refractivity contribution in [2.24, 2.45) is 4.99 Å². The number of nitrogens with zero attached hydrogens (tertiary/aromatic N) is 1. The summed E-state index contributed by atoms with van der Waals surface area (Å²) in [4.78, 5) is 16.0. The van der Waals surface area contributed by atoms with Crippen LogP contribution in [-0.4, -0.2) is 39.3 Å². The Morgan fingerprint density at radius 3 is 2.26 bits per heavy atom. The number of hydrogen-bond acceptors (Lipinski definition) is 4. The van der Waals surface area contributed by atoms with Crippen LogP contribution < -0.4 is 30.7 Å². The van der Waals surface area contributed by atoms with Gasteiger partial charge in [0.15, 0.2) is 5.96 Å². The molecule has 0 aromatic heterocycles. The van der Waals surface area contributed by atoms with E-state index < -0.39 is 0 Å². The van der Waals surface area contributed by atoms with Crippen LogP contribution in [0, 0.1) is 0 Å². The van der Waals surface area contributed by atoms with E-state index in [9.17, 15) is 4.79 Å². The first-order valence-corrected chi connectivity index (χ1v) is 9.77. The lowest BCUT2D eigenvalue weighted by Gasteiger charge is -2.15. The van der Waals surface area contributed by atoms with Gasteiger partial charge in [-0.25, -0.2) is 4.79 Å². The topological polar surface area (TPSA) is 96.0 Å². The molecular formula is C22H32IN5O3. The molecule has 2 aromatic carbocycles. The average Bonchev–Trinajstić information content (AvgIpc) is 2.74. The molecule has 2 rings (SSSR count). The molecule has 0 atom stereocenters. The number of hydrogen-bond donors (Lipinski definition) is 4. The monoisotopic (exact) mass is 541 g/mol. The molecule has 0 saturated heterocycles. The Morgan fingerprint density at radius 2 is 1.68 bits per heavy atom. The van der Waals surface area contributed by atoms with Crippen molar-refractivity contribution in [1.29, 1.82) is 0 Å². The summed E-state index contributed by atoms with van der Waals surface area (Å²) in [6, 6.07) is 13.2. The number of amides is 2. The van der Waals surface area contributed by atoms with Crippen molar-refractivity contribution in [3.63, 3.8) is 0 Å². The Morgan fingerprint density at radius 1 is 1.00 bits per heavy atom. The number of nitrogens with one attached hydrogen (secondary N) is 4. The van der Waals surface area contributed by atoms with Gasteiger partial charge in [-0.05, 0) is 43.7 Å². The highest BCUT2D eigenvalue weighted by molar-refractivity contribution is 14.0. The van der Waals surface area contributed by atoms with Crippen LogP contribution in [0.25, 0.3) is 0 Å². The predicted octanol–water partition coefficient (Wildman–Crippen LogP) is 3.72. The fourth-order valence-corrected chi connectivity index (χ4v) is 2.72. The quantitative estimate of drug-likeness (QED) is 0.232. The van der Waals surface area contributed by atoms with E-state index in [0.29, 0.717) is 19.0 Å². The van der Waals surface area contributed by atoms with Crippen molar-refractivity contribution in [1.82, 2.24) is 16.0 Å². The van der Waals surface area contributed by atoms with Gasteiger partial charge >= 0.3 is 6.03 Å². The maximum atomic E-state index is 11.8. The zero-order chi connectivity index (χ0) is 21.9. The summed E-state index contributed by atoms with van der Waals surface area (Å²) < 4.78 is 10.7. The van der Waals surface area contributed by atoms with Crippen LogP contribution in [0.15, 0.2) is 47.5 Å². The molecule has 31 heavy (non-hydrogen) atoms. The second-order valence-electron chi connectivity index (χ2n) is 6.91. The number of methoxy groups -OCH3 is 2. The molecule has 0 unspecified atom stereocenters. The predicted molar refractivity (Wildman–Crippen MR) is 136 cm³/mol.